The maximum Gasteiger partial charge on any atom is 0.191 e. The van der Waals surface area contributed by atoms with Crippen molar-refractivity contribution < 1.29 is 0 Å². The zero-order valence-corrected chi connectivity index (χ0v) is 16.6. The molecule has 0 radical (unpaired) electrons. The van der Waals surface area contributed by atoms with E-state index in [1.165, 1.54) is 24.2 Å². The van der Waals surface area contributed by atoms with Gasteiger partial charge in [-0.2, -0.15) is 0 Å². The molecule has 5 nitrogen and oxygen atoms in total. The number of likely N-dealkylation sites (N-methyl/N-ethyl adjacent to an activating group) is 1. The van der Waals surface area contributed by atoms with Gasteiger partial charge < -0.3 is 15.5 Å². The highest BCUT2D eigenvalue weighted by Crippen LogP contribution is 2.13. The molecule has 1 heterocycles. The van der Waals surface area contributed by atoms with Crippen LogP contribution in [0.1, 0.15) is 38.8 Å². The predicted octanol–water partition coefficient (Wildman–Crippen LogP) is 2.29. The van der Waals surface area contributed by atoms with Gasteiger partial charge in [-0.15, -0.1) is 0 Å². The van der Waals surface area contributed by atoms with Gasteiger partial charge >= 0.3 is 0 Å². The maximum atomic E-state index is 4.33. The quantitative estimate of drug-likeness (QED) is 0.635. The normalized spacial score (nSPS) is 17.6. The van der Waals surface area contributed by atoms with Crippen LogP contribution in [0.2, 0.25) is 0 Å². The minimum atomic E-state index is 0.000311. The first kappa shape index (κ1) is 19.7. The molecule has 0 bridgehead atoms. The summed E-state index contributed by atoms with van der Waals surface area (Å²) in [4.78, 5) is 9.41. The van der Waals surface area contributed by atoms with E-state index in [2.05, 4.69) is 77.4 Å². The maximum absolute atomic E-state index is 4.33. The minimum absolute atomic E-state index is 0.000311. The lowest BCUT2D eigenvalue weighted by Gasteiger charge is -2.34. The highest BCUT2D eigenvalue weighted by molar-refractivity contribution is 5.80. The van der Waals surface area contributed by atoms with Crippen molar-refractivity contribution in [3.63, 3.8) is 0 Å². The molecule has 1 aromatic rings. The van der Waals surface area contributed by atoms with Crippen LogP contribution in [-0.2, 0) is 13.1 Å². The van der Waals surface area contributed by atoms with Gasteiger partial charge in [-0.1, -0.05) is 31.2 Å². The van der Waals surface area contributed by atoms with Crippen LogP contribution in [-0.4, -0.2) is 61.1 Å². The van der Waals surface area contributed by atoms with E-state index >= 15 is 0 Å². The Morgan fingerprint density at radius 2 is 1.64 bits per heavy atom. The van der Waals surface area contributed by atoms with Gasteiger partial charge in [0.25, 0.3) is 0 Å². The second-order valence-corrected chi connectivity index (χ2v) is 7.78. The van der Waals surface area contributed by atoms with Crippen LogP contribution in [0, 0.1) is 0 Å². The van der Waals surface area contributed by atoms with Crippen LogP contribution in [0.25, 0.3) is 0 Å². The Kier molecular flexibility index (Phi) is 7.26. The molecular weight excluding hydrogens is 310 g/mol. The van der Waals surface area contributed by atoms with Gasteiger partial charge in [0.05, 0.1) is 0 Å². The summed E-state index contributed by atoms with van der Waals surface area (Å²) in [5.41, 5.74) is 2.75. The summed E-state index contributed by atoms with van der Waals surface area (Å²) in [5.74, 6) is 0.846. The van der Waals surface area contributed by atoms with Crippen molar-refractivity contribution in [1.29, 1.82) is 0 Å². The highest BCUT2D eigenvalue weighted by atomic mass is 15.3. The van der Waals surface area contributed by atoms with Crippen molar-refractivity contribution in [2.24, 2.45) is 4.99 Å². The lowest BCUT2D eigenvalue weighted by atomic mass is 10.1. The minimum Gasteiger partial charge on any atom is -0.352 e. The second kappa shape index (κ2) is 9.20. The van der Waals surface area contributed by atoms with Crippen LogP contribution in [0.3, 0.4) is 0 Å². The Bertz CT molecular complexity index is 553. The Labute approximate surface area is 153 Å². The van der Waals surface area contributed by atoms with E-state index in [9.17, 15) is 0 Å². The third-order valence-corrected chi connectivity index (χ3v) is 4.59. The molecule has 2 rings (SSSR count). The Morgan fingerprint density at radius 3 is 2.20 bits per heavy atom. The van der Waals surface area contributed by atoms with E-state index in [0.29, 0.717) is 0 Å². The van der Waals surface area contributed by atoms with Gasteiger partial charge in [0.15, 0.2) is 5.96 Å². The number of hydrogen-bond donors (Lipinski definition) is 2. The van der Waals surface area contributed by atoms with Gasteiger partial charge in [0, 0.05) is 51.9 Å². The molecule has 1 fully saturated rings. The number of piperazine rings is 1. The molecule has 0 aliphatic carbocycles. The van der Waals surface area contributed by atoms with E-state index < -0.39 is 0 Å². The molecule has 2 N–H and O–H groups in total. The van der Waals surface area contributed by atoms with Crippen LogP contribution in [0.15, 0.2) is 29.3 Å². The van der Waals surface area contributed by atoms with Crippen molar-refractivity contribution in [3.05, 3.63) is 35.4 Å². The zero-order chi connectivity index (χ0) is 18.3. The number of aliphatic imine (C=N–C) groups is 1. The summed E-state index contributed by atoms with van der Waals surface area (Å²) in [7, 11) is 1.82. The molecule has 1 aliphatic rings. The molecule has 25 heavy (non-hydrogen) atoms. The van der Waals surface area contributed by atoms with Crippen LogP contribution < -0.4 is 10.6 Å². The van der Waals surface area contributed by atoms with E-state index in [-0.39, 0.29) is 5.54 Å². The van der Waals surface area contributed by atoms with Gasteiger partial charge in [-0.25, -0.2) is 0 Å². The fourth-order valence-electron chi connectivity index (χ4n) is 3.10. The predicted molar refractivity (Wildman–Crippen MR) is 107 cm³/mol. The van der Waals surface area contributed by atoms with Gasteiger partial charge in [-0.05, 0) is 38.4 Å². The Morgan fingerprint density at radius 1 is 1.04 bits per heavy atom. The molecule has 0 aromatic heterocycles. The average molecular weight is 346 g/mol. The summed E-state index contributed by atoms with van der Waals surface area (Å²) in [5, 5.41) is 6.86. The fraction of sp³-hybridized carbons (Fsp3) is 0.650. The number of nitrogens with one attached hydrogen (secondary N) is 2. The number of benzene rings is 1. The monoisotopic (exact) mass is 345 g/mol. The molecule has 1 saturated heterocycles. The fourth-order valence-corrected chi connectivity index (χ4v) is 3.10. The molecule has 1 aliphatic heterocycles. The smallest absolute Gasteiger partial charge is 0.191 e. The molecule has 5 heteroatoms. The molecule has 0 unspecified atom stereocenters. The van der Waals surface area contributed by atoms with Crippen LogP contribution >= 0.6 is 0 Å². The second-order valence-electron chi connectivity index (χ2n) is 7.78. The largest absolute Gasteiger partial charge is 0.352 e. The summed E-state index contributed by atoms with van der Waals surface area (Å²) >= 11 is 0. The van der Waals surface area contributed by atoms with Crippen molar-refractivity contribution in [2.45, 2.75) is 46.3 Å². The summed E-state index contributed by atoms with van der Waals surface area (Å²) in [6.07, 6.45) is 0. The molecule has 0 spiro atoms. The van der Waals surface area contributed by atoms with E-state index in [1.807, 2.05) is 7.05 Å². The van der Waals surface area contributed by atoms with Gasteiger partial charge in [-0.3, -0.25) is 9.89 Å². The topological polar surface area (TPSA) is 42.9 Å². The molecule has 140 valence electrons. The zero-order valence-electron chi connectivity index (χ0n) is 16.6. The lowest BCUT2D eigenvalue weighted by Crippen LogP contribution is -2.47. The molecule has 1 aromatic carbocycles. The third kappa shape index (κ3) is 6.67. The summed E-state index contributed by atoms with van der Waals surface area (Å²) < 4.78 is 0. The highest BCUT2D eigenvalue weighted by Gasteiger charge is 2.17. The van der Waals surface area contributed by atoms with Crippen molar-refractivity contribution in [1.82, 2.24) is 20.4 Å². The molecular formula is C20H35N5. The number of guanidine groups is 1. The summed E-state index contributed by atoms with van der Waals surface area (Å²) in [6.45, 7) is 16.3. The molecule has 0 saturated carbocycles. The van der Waals surface area contributed by atoms with Crippen molar-refractivity contribution in [3.8, 4) is 0 Å². The first-order chi connectivity index (χ1) is 11.9. The average Bonchev–Trinajstić information content (AvgIpc) is 2.59. The third-order valence-electron chi connectivity index (χ3n) is 4.59. The Balaban J connectivity index is 1.94. The number of rotatable bonds is 5. The number of nitrogens with zero attached hydrogens (tertiary/aromatic N) is 3. The molecule has 0 atom stereocenters. The van der Waals surface area contributed by atoms with Gasteiger partial charge in [0.2, 0.25) is 0 Å². The standard InChI is InChI=1S/C20H35N5/c1-6-24-11-13-25(14-12-24)16-18-10-8-7-9-17(18)15-22-19(21-5)23-20(2,3)4/h7-10H,6,11-16H2,1-5H3,(H2,21,22,23). The molecule has 0 amide bonds. The van der Waals surface area contributed by atoms with Crippen molar-refractivity contribution in [2.75, 3.05) is 39.8 Å². The number of hydrogen-bond acceptors (Lipinski definition) is 3. The SMILES string of the molecule is CCN1CCN(Cc2ccccc2CNC(=NC)NC(C)(C)C)CC1. The van der Waals surface area contributed by atoms with E-state index in [1.54, 1.807) is 0 Å². The van der Waals surface area contributed by atoms with E-state index in [0.717, 1.165) is 38.7 Å². The first-order valence-electron chi connectivity index (χ1n) is 9.41. The Hall–Kier alpha value is -1.59. The summed E-state index contributed by atoms with van der Waals surface area (Å²) in [6, 6.07) is 8.73. The van der Waals surface area contributed by atoms with E-state index in [4.69, 9.17) is 0 Å². The van der Waals surface area contributed by atoms with Gasteiger partial charge in [0.1, 0.15) is 0 Å². The van der Waals surface area contributed by atoms with Crippen LogP contribution in [0.5, 0.6) is 0 Å². The lowest BCUT2D eigenvalue weighted by molar-refractivity contribution is 0.131. The first-order valence-corrected chi connectivity index (χ1v) is 9.41. The van der Waals surface area contributed by atoms with Crippen molar-refractivity contribution >= 4 is 5.96 Å². The van der Waals surface area contributed by atoms with Crippen LogP contribution in [0.4, 0.5) is 0 Å².